The molecule has 134 valence electrons. The van der Waals surface area contributed by atoms with E-state index in [1.807, 2.05) is 10.8 Å². The van der Waals surface area contributed by atoms with Crippen molar-refractivity contribution in [3.8, 4) is 0 Å². The molecule has 0 saturated heterocycles. The lowest BCUT2D eigenvalue weighted by Crippen LogP contribution is -2.32. The molecule has 0 fully saturated rings. The van der Waals surface area contributed by atoms with E-state index in [0.717, 1.165) is 17.6 Å². The number of nitrogens with zero attached hydrogens (tertiary/aromatic N) is 2. The predicted molar refractivity (Wildman–Crippen MR) is 93.6 cm³/mol. The Bertz CT molecular complexity index is 785. The first-order valence-electron chi connectivity index (χ1n) is 7.73. The molecule has 0 radical (unpaired) electrons. The molecule has 0 saturated carbocycles. The van der Waals surface area contributed by atoms with Gasteiger partial charge in [0.15, 0.2) is 5.16 Å². The molecule has 1 heterocycles. The fourth-order valence-corrected chi connectivity index (χ4v) is 5.11. The highest BCUT2D eigenvalue weighted by atomic mass is 33.1. The number of carboxylic acid groups (broad SMARTS) is 1. The number of hydrogen-bond donors (Lipinski definition) is 2. The third-order valence-electron chi connectivity index (χ3n) is 4.16. The third kappa shape index (κ3) is 4.16. The lowest BCUT2D eigenvalue weighted by molar-refractivity contribution is -0.137. The molecule has 1 unspecified atom stereocenters. The van der Waals surface area contributed by atoms with Crippen LogP contribution in [0.5, 0.6) is 0 Å². The molecule has 1 aliphatic carbocycles. The van der Waals surface area contributed by atoms with Crippen molar-refractivity contribution in [2.45, 2.75) is 36.5 Å². The summed E-state index contributed by atoms with van der Waals surface area (Å²) >= 11 is 0. The van der Waals surface area contributed by atoms with Crippen molar-refractivity contribution in [2.75, 3.05) is 5.75 Å². The molecule has 2 atom stereocenters. The number of imidazole rings is 1. The van der Waals surface area contributed by atoms with E-state index >= 15 is 0 Å². The molecule has 5 nitrogen and oxygen atoms in total. The van der Waals surface area contributed by atoms with E-state index in [0.29, 0.717) is 24.0 Å². The maximum absolute atomic E-state index is 13.9. The molecule has 0 aliphatic heterocycles. The number of carbonyl (C=O) groups is 1. The Kier molecular flexibility index (Phi) is 5.65. The zero-order valence-electron chi connectivity index (χ0n) is 13.2. The van der Waals surface area contributed by atoms with Gasteiger partial charge in [0.25, 0.3) is 0 Å². The molecule has 25 heavy (non-hydrogen) atoms. The molecule has 0 bridgehead atoms. The Morgan fingerprint density at radius 2 is 2.28 bits per heavy atom. The molecule has 0 amide bonds. The van der Waals surface area contributed by atoms with E-state index in [4.69, 9.17) is 10.8 Å². The number of aliphatic carboxylic acids is 1. The average Bonchev–Trinajstić information content (AvgIpc) is 3.02. The van der Waals surface area contributed by atoms with E-state index in [1.54, 1.807) is 6.20 Å². The van der Waals surface area contributed by atoms with Crippen LogP contribution in [0.3, 0.4) is 0 Å². The molecule has 1 aromatic heterocycles. The molecule has 2 aromatic rings. The first-order chi connectivity index (χ1) is 12.0. The number of nitrogens with two attached hydrogens (primary N) is 1. The van der Waals surface area contributed by atoms with Gasteiger partial charge in [0.1, 0.15) is 17.7 Å². The van der Waals surface area contributed by atoms with Crippen LogP contribution in [0.25, 0.3) is 0 Å². The van der Waals surface area contributed by atoms with E-state index < -0.39 is 23.6 Å². The van der Waals surface area contributed by atoms with Crippen LogP contribution in [0, 0.1) is 11.6 Å². The molecule has 1 aromatic carbocycles. The van der Waals surface area contributed by atoms with Crippen molar-refractivity contribution < 1.29 is 18.7 Å². The van der Waals surface area contributed by atoms with Crippen LogP contribution in [0.15, 0.2) is 29.7 Å². The van der Waals surface area contributed by atoms with Gasteiger partial charge in [-0.1, -0.05) is 10.8 Å². The normalized spacial score (nSPS) is 18.0. The van der Waals surface area contributed by atoms with Crippen LogP contribution in [0.1, 0.15) is 23.6 Å². The standard InChI is InChI=1S/C16H17F2N3O2S2/c17-10-5-9-6-11(1-2-12(9)13(18)7-10)21-4-3-20-16(21)25-24-8-14(19)15(22)23/h3-5,7,11,14H,1-2,6,8,19H2,(H,22,23)/t11?,14-/m0/s1. The second-order valence-corrected chi connectivity index (χ2v) is 8.16. The van der Waals surface area contributed by atoms with Crippen LogP contribution in [-0.2, 0) is 17.6 Å². The zero-order chi connectivity index (χ0) is 18.0. The smallest absolute Gasteiger partial charge is 0.321 e. The number of aromatic nitrogens is 2. The summed E-state index contributed by atoms with van der Waals surface area (Å²) in [5.74, 6) is -1.82. The van der Waals surface area contributed by atoms with Crippen LogP contribution in [0.2, 0.25) is 0 Å². The average molecular weight is 385 g/mol. The highest BCUT2D eigenvalue weighted by molar-refractivity contribution is 8.76. The molecular weight excluding hydrogens is 368 g/mol. The first-order valence-corrected chi connectivity index (χ1v) is 10.0. The summed E-state index contributed by atoms with van der Waals surface area (Å²) in [7, 11) is 2.68. The number of benzene rings is 1. The molecular formula is C16H17F2N3O2S2. The summed E-state index contributed by atoms with van der Waals surface area (Å²) in [6.07, 6.45) is 5.32. The minimum Gasteiger partial charge on any atom is -0.480 e. The summed E-state index contributed by atoms with van der Waals surface area (Å²) in [6.45, 7) is 0. The number of fused-ring (bicyclic) bond motifs is 1. The maximum Gasteiger partial charge on any atom is 0.321 e. The van der Waals surface area contributed by atoms with Crippen LogP contribution < -0.4 is 5.73 Å². The second kappa shape index (κ2) is 7.76. The molecule has 3 N–H and O–H groups in total. The minimum absolute atomic E-state index is 0.0625. The lowest BCUT2D eigenvalue weighted by Gasteiger charge is -2.27. The van der Waals surface area contributed by atoms with Gasteiger partial charge in [-0.15, -0.1) is 0 Å². The Balaban J connectivity index is 1.69. The largest absolute Gasteiger partial charge is 0.480 e. The van der Waals surface area contributed by atoms with E-state index in [2.05, 4.69) is 4.98 Å². The Morgan fingerprint density at radius 3 is 3.04 bits per heavy atom. The van der Waals surface area contributed by atoms with Gasteiger partial charge < -0.3 is 15.4 Å². The Morgan fingerprint density at radius 1 is 1.48 bits per heavy atom. The SMILES string of the molecule is N[C@@H](CSSc1nccn1C1CCc2c(F)cc(F)cc2C1)C(=O)O. The maximum atomic E-state index is 13.9. The molecule has 9 heteroatoms. The quantitative estimate of drug-likeness (QED) is 0.744. The van der Waals surface area contributed by atoms with Gasteiger partial charge in [0.05, 0.1) is 0 Å². The summed E-state index contributed by atoms with van der Waals surface area (Å²) in [4.78, 5) is 15.0. The van der Waals surface area contributed by atoms with Crippen LogP contribution >= 0.6 is 21.6 Å². The number of halogens is 2. The number of hydrogen-bond acceptors (Lipinski definition) is 5. The lowest BCUT2D eigenvalue weighted by atomic mass is 9.87. The van der Waals surface area contributed by atoms with Gasteiger partial charge in [-0.3, -0.25) is 4.79 Å². The third-order valence-corrected chi connectivity index (χ3v) is 6.45. The van der Waals surface area contributed by atoms with Crippen molar-refractivity contribution >= 4 is 27.6 Å². The molecule has 3 rings (SSSR count). The summed E-state index contributed by atoms with van der Waals surface area (Å²) in [5, 5.41) is 9.54. The summed E-state index contributed by atoms with van der Waals surface area (Å²) in [5.41, 5.74) is 6.77. The highest BCUT2D eigenvalue weighted by Gasteiger charge is 2.25. The fourth-order valence-electron chi connectivity index (χ4n) is 2.90. The fraction of sp³-hybridized carbons (Fsp3) is 0.375. The van der Waals surface area contributed by atoms with Crippen molar-refractivity contribution in [1.29, 1.82) is 0 Å². The van der Waals surface area contributed by atoms with Crippen molar-refractivity contribution in [1.82, 2.24) is 9.55 Å². The first kappa shape index (κ1) is 18.2. The highest BCUT2D eigenvalue weighted by Crippen LogP contribution is 2.36. The minimum atomic E-state index is -1.04. The molecule has 1 aliphatic rings. The zero-order valence-corrected chi connectivity index (χ0v) is 14.8. The Labute approximate surface area is 151 Å². The molecule has 0 spiro atoms. The van der Waals surface area contributed by atoms with Gasteiger partial charge in [-0.05, 0) is 47.2 Å². The van der Waals surface area contributed by atoms with Crippen LogP contribution in [-0.4, -0.2) is 32.4 Å². The van der Waals surface area contributed by atoms with E-state index in [1.165, 1.54) is 27.7 Å². The van der Waals surface area contributed by atoms with Gasteiger partial charge in [0.2, 0.25) is 0 Å². The second-order valence-electron chi connectivity index (χ2n) is 5.85. The monoisotopic (exact) mass is 385 g/mol. The van der Waals surface area contributed by atoms with Crippen molar-refractivity contribution in [3.05, 3.63) is 47.3 Å². The van der Waals surface area contributed by atoms with Crippen molar-refractivity contribution in [3.63, 3.8) is 0 Å². The van der Waals surface area contributed by atoms with Gasteiger partial charge >= 0.3 is 5.97 Å². The van der Waals surface area contributed by atoms with Gasteiger partial charge in [0, 0.05) is 30.3 Å². The van der Waals surface area contributed by atoms with Crippen molar-refractivity contribution in [2.24, 2.45) is 5.73 Å². The van der Waals surface area contributed by atoms with E-state index in [-0.39, 0.29) is 11.8 Å². The van der Waals surface area contributed by atoms with Crippen LogP contribution in [0.4, 0.5) is 8.78 Å². The summed E-state index contributed by atoms with van der Waals surface area (Å²) in [6, 6.07) is 1.47. The predicted octanol–water partition coefficient (Wildman–Crippen LogP) is 3.04. The van der Waals surface area contributed by atoms with Gasteiger partial charge in [-0.2, -0.15) is 0 Å². The van der Waals surface area contributed by atoms with Gasteiger partial charge in [-0.25, -0.2) is 13.8 Å². The Hall–Kier alpha value is -1.58. The number of rotatable bonds is 6. The summed E-state index contributed by atoms with van der Waals surface area (Å²) < 4.78 is 29.3. The number of carboxylic acids is 1. The topological polar surface area (TPSA) is 81.1 Å². The van der Waals surface area contributed by atoms with E-state index in [9.17, 15) is 13.6 Å².